The van der Waals surface area contributed by atoms with Crippen LogP contribution < -0.4 is 16.8 Å². The predicted molar refractivity (Wildman–Crippen MR) is 77.7 cm³/mol. The number of unbranched alkanes of at least 4 members (excludes halogenated alkanes) is 1. The van der Waals surface area contributed by atoms with Crippen molar-refractivity contribution in [1.29, 1.82) is 0 Å². The van der Waals surface area contributed by atoms with Crippen molar-refractivity contribution in [2.24, 2.45) is 5.73 Å². The number of fused-ring (bicyclic) bond motifs is 1. The molecule has 2 rings (SSSR count). The monoisotopic (exact) mass is 260 g/mol. The smallest absolute Gasteiger partial charge is 0.222 e. The summed E-state index contributed by atoms with van der Waals surface area (Å²) < 4.78 is 0. The van der Waals surface area contributed by atoms with E-state index in [1.54, 1.807) is 6.20 Å². The first kappa shape index (κ1) is 13.5. The largest absolute Gasteiger partial charge is 0.368 e. The third-order valence-electron chi connectivity index (χ3n) is 3.00. The first-order chi connectivity index (χ1) is 9.24. The second-order valence-electron chi connectivity index (χ2n) is 4.52. The molecule has 102 valence electrons. The summed E-state index contributed by atoms with van der Waals surface area (Å²) in [4.78, 5) is 12.7. The second kappa shape index (κ2) is 6.29. The molecule has 0 saturated heterocycles. The Morgan fingerprint density at radius 1 is 1.37 bits per heavy atom. The minimum Gasteiger partial charge on any atom is -0.368 e. The molecule has 0 bridgehead atoms. The number of nitrogen functional groups attached to an aromatic ring is 1. The third-order valence-corrected chi connectivity index (χ3v) is 3.00. The molecular formula is C13H20N6. The normalized spacial score (nSPS) is 12.5. The Labute approximate surface area is 112 Å². The fraction of sp³-hybridized carbons (Fsp3) is 0.462. The van der Waals surface area contributed by atoms with Gasteiger partial charge in [0, 0.05) is 18.8 Å². The molecule has 0 aliphatic rings. The van der Waals surface area contributed by atoms with Gasteiger partial charge in [0.25, 0.3) is 0 Å². The number of nitrogens with zero attached hydrogens (tertiary/aromatic N) is 3. The summed E-state index contributed by atoms with van der Waals surface area (Å²) in [7, 11) is 0. The van der Waals surface area contributed by atoms with Crippen LogP contribution in [0.2, 0.25) is 0 Å². The van der Waals surface area contributed by atoms with E-state index in [1.807, 2.05) is 12.1 Å². The van der Waals surface area contributed by atoms with Gasteiger partial charge in [-0.1, -0.05) is 19.8 Å². The molecule has 0 aromatic carbocycles. The summed E-state index contributed by atoms with van der Waals surface area (Å²) in [5.41, 5.74) is 13.0. The first-order valence-corrected chi connectivity index (χ1v) is 6.59. The highest BCUT2D eigenvalue weighted by atomic mass is 15.1. The Morgan fingerprint density at radius 3 is 2.95 bits per heavy atom. The number of anilines is 2. The van der Waals surface area contributed by atoms with Gasteiger partial charge < -0.3 is 16.8 Å². The van der Waals surface area contributed by atoms with Gasteiger partial charge in [0.05, 0.1) is 5.52 Å². The van der Waals surface area contributed by atoms with E-state index in [0.717, 1.165) is 30.3 Å². The van der Waals surface area contributed by atoms with Crippen molar-refractivity contribution >= 4 is 22.8 Å². The van der Waals surface area contributed by atoms with Crippen LogP contribution in [0.1, 0.15) is 26.2 Å². The molecule has 1 atom stereocenters. The van der Waals surface area contributed by atoms with Crippen LogP contribution in [0.3, 0.4) is 0 Å². The number of hydrogen-bond donors (Lipinski definition) is 3. The van der Waals surface area contributed by atoms with Gasteiger partial charge in [0.2, 0.25) is 5.95 Å². The molecule has 0 saturated carbocycles. The molecule has 0 aliphatic carbocycles. The van der Waals surface area contributed by atoms with E-state index in [4.69, 9.17) is 11.5 Å². The molecule has 2 heterocycles. The average molecular weight is 260 g/mol. The van der Waals surface area contributed by atoms with Crippen LogP contribution in [-0.2, 0) is 0 Å². The van der Waals surface area contributed by atoms with Crippen molar-refractivity contribution in [3.05, 3.63) is 18.3 Å². The fourth-order valence-corrected chi connectivity index (χ4v) is 1.98. The molecular weight excluding hydrogens is 240 g/mol. The van der Waals surface area contributed by atoms with Gasteiger partial charge in [0.1, 0.15) is 5.52 Å². The highest BCUT2D eigenvalue weighted by Gasteiger charge is 2.11. The van der Waals surface area contributed by atoms with Crippen molar-refractivity contribution in [3.63, 3.8) is 0 Å². The number of rotatable bonds is 6. The van der Waals surface area contributed by atoms with Crippen LogP contribution in [0.25, 0.3) is 11.0 Å². The molecule has 0 aliphatic heterocycles. The van der Waals surface area contributed by atoms with Gasteiger partial charge in [-0.3, -0.25) is 4.98 Å². The third kappa shape index (κ3) is 3.29. The number of nitrogens with one attached hydrogen (secondary N) is 1. The zero-order valence-electron chi connectivity index (χ0n) is 11.1. The summed E-state index contributed by atoms with van der Waals surface area (Å²) in [6, 6.07) is 3.88. The van der Waals surface area contributed by atoms with Gasteiger partial charge in [-0.25, -0.2) is 4.98 Å². The van der Waals surface area contributed by atoms with E-state index in [0.29, 0.717) is 12.4 Å². The number of pyridine rings is 1. The Bertz CT molecular complexity index is 542. The summed E-state index contributed by atoms with van der Waals surface area (Å²) in [5, 5.41) is 3.33. The van der Waals surface area contributed by atoms with Gasteiger partial charge >= 0.3 is 0 Å². The molecule has 19 heavy (non-hydrogen) atoms. The van der Waals surface area contributed by atoms with Crippen molar-refractivity contribution in [2.75, 3.05) is 17.6 Å². The van der Waals surface area contributed by atoms with Crippen LogP contribution in [0, 0.1) is 0 Å². The van der Waals surface area contributed by atoms with E-state index < -0.39 is 0 Å². The zero-order chi connectivity index (χ0) is 13.7. The van der Waals surface area contributed by atoms with Crippen LogP contribution in [0.15, 0.2) is 18.3 Å². The van der Waals surface area contributed by atoms with Gasteiger partial charge in [-0.05, 0) is 18.6 Å². The maximum absolute atomic E-state index is 5.79. The molecule has 0 spiro atoms. The lowest BCUT2D eigenvalue weighted by Gasteiger charge is -2.17. The van der Waals surface area contributed by atoms with Crippen LogP contribution in [-0.4, -0.2) is 27.5 Å². The lowest BCUT2D eigenvalue weighted by Crippen LogP contribution is -2.29. The quantitative estimate of drug-likeness (QED) is 0.728. The molecule has 0 radical (unpaired) electrons. The Hall–Kier alpha value is -1.95. The van der Waals surface area contributed by atoms with Crippen molar-refractivity contribution in [1.82, 2.24) is 15.0 Å². The molecule has 2 aromatic rings. The minimum absolute atomic E-state index is 0.180. The van der Waals surface area contributed by atoms with Crippen LogP contribution in [0.4, 0.5) is 11.8 Å². The minimum atomic E-state index is 0.180. The van der Waals surface area contributed by atoms with Crippen LogP contribution >= 0.6 is 0 Å². The zero-order valence-corrected chi connectivity index (χ0v) is 11.1. The molecule has 6 nitrogen and oxygen atoms in total. The Kier molecular flexibility index (Phi) is 4.46. The van der Waals surface area contributed by atoms with Crippen molar-refractivity contribution in [2.45, 2.75) is 32.2 Å². The van der Waals surface area contributed by atoms with Gasteiger partial charge in [0.15, 0.2) is 5.82 Å². The highest BCUT2D eigenvalue weighted by molar-refractivity contribution is 5.85. The SMILES string of the molecule is CCCCC(CN)Nc1nc(N)nc2cccnc12. The average Bonchev–Trinajstić information content (AvgIpc) is 2.43. The number of nitrogens with two attached hydrogens (primary N) is 2. The van der Waals surface area contributed by atoms with Crippen molar-refractivity contribution in [3.8, 4) is 0 Å². The standard InChI is InChI=1S/C13H20N6/c1-2-3-5-9(8-14)17-12-11-10(6-4-7-16-11)18-13(15)19-12/h4,6-7,9H,2-3,5,8,14H2,1H3,(H3,15,17,18,19). The summed E-state index contributed by atoms with van der Waals surface area (Å²) >= 11 is 0. The molecule has 1 unspecified atom stereocenters. The molecule has 2 aromatic heterocycles. The molecule has 0 fully saturated rings. The molecule has 6 heteroatoms. The Morgan fingerprint density at radius 2 is 2.21 bits per heavy atom. The molecule has 0 amide bonds. The maximum Gasteiger partial charge on any atom is 0.222 e. The lowest BCUT2D eigenvalue weighted by atomic mass is 10.1. The highest BCUT2D eigenvalue weighted by Crippen LogP contribution is 2.19. The van der Waals surface area contributed by atoms with E-state index in [1.165, 1.54) is 0 Å². The van der Waals surface area contributed by atoms with Gasteiger partial charge in [-0.2, -0.15) is 4.98 Å². The Balaban J connectivity index is 2.28. The number of aromatic nitrogens is 3. The first-order valence-electron chi connectivity index (χ1n) is 6.59. The van der Waals surface area contributed by atoms with E-state index in [9.17, 15) is 0 Å². The molecule has 5 N–H and O–H groups in total. The topological polar surface area (TPSA) is 103 Å². The summed E-state index contributed by atoms with van der Waals surface area (Å²) in [6.45, 7) is 2.71. The fourth-order valence-electron chi connectivity index (χ4n) is 1.98. The van der Waals surface area contributed by atoms with E-state index in [2.05, 4.69) is 27.2 Å². The van der Waals surface area contributed by atoms with E-state index in [-0.39, 0.29) is 12.0 Å². The van der Waals surface area contributed by atoms with E-state index >= 15 is 0 Å². The predicted octanol–water partition coefficient (Wildman–Crippen LogP) is 1.54. The second-order valence-corrected chi connectivity index (χ2v) is 4.52. The summed E-state index contributed by atoms with van der Waals surface area (Å²) in [5.74, 6) is 0.906. The summed E-state index contributed by atoms with van der Waals surface area (Å²) in [6.07, 6.45) is 4.99. The van der Waals surface area contributed by atoms with Crippen molar-refractivity contribution < 1.29 is 0 Å². The van der Waals surface area contributed by atoms with Crippen LogP contribution in [0.5, 0.6) is 0 Å². The van der Waals surface area contributed by atoms with Gasteiger partial charge in [-0.15, -0.1) is 0 Å². The number of hydrogen-bond acceptors (Lipinski definition) is 6. The maximum atomic E-state index is 5.79. The lowest BCUT2D eigenvalue weighted by molar-refractivity contribution is 0.613.